The average molecular weight is 480 g/mol. The van der Waals surface area contributed by atoms with Crippen LogP contribution in [-0.2, 0) is 6.54 Å². The number of hydrogen-bond acceptors (Lipinski definition) is 5. The Morgan fingerprint density at radius 3 is 2.42 bits per heavy atom. The first kappa shape index (κ1) is 23.8. The highest BCUT2D eigenvalue weighted by atomic mass is 16.1. The smallest absolute Gasteiger partial charge is 0.255 e. The third kappa shape index (κ3) is 4.90. The van der Waals surface area contributed by atoms with Crippen LogP contribution in [0, 0.1) is 20.8 Å². The van der Waals surface area contributed by atoms with Crippen LogP contribution in [0.3, 0.4) is 0 Å². The predicted octanol–water partition coefficient (Wildman–Crippen LogP) is 5.32. The van der Waals surface area contributed by atoms with Crippen LogP contribution in [0.15, 0.2) is 66.7 Å². The van der Waals surface area contributed by atoms with Crippen molar-refractivity contribution in [2.24, 2.45) is 0 Å². The fourth-order valence-corrected chi connectivity index (χ4v) is 4.83. The van der Waals surface area contributed by atoms with Crippen LogP contribution in [0.2, 0.25) is 0 Å². The van der Waals surface area contributed by atoms with Crippen molar-refractivity contribution < 1.29 is 4.79 Å². The van der Waals surface area contributed by atoms with Gasteiger partial charge < -0.3 is 16.0 Å². The molecule has 6 heteroatoms. The van der Waals surface area contributed by atoms with E-state index >= 15 is 0 Å². The molecule has 0 spiro atoms. The number of anilines is 3. The summed E-state index contributed by atoms with van der Waals surface area (Å²) in [6, 6.07) is 22.3. The third-order valence-corrected chi connectivity index (χ3v) is 7.21. The van der Waals surface area contributed by atoms with Gasteiger partial charge >= 0.3 is 0 Å². The molecule has 6 nitrogen and oxygen atoms in total. The topological polar surface area (TPSA) is 74.5 Å². The van der Waals surface area contributed by atoms with Crippen LogP contribution in [0.1, 0.15) is 32.7 Å². The summed E-state index contributed by atoms with van der Waals surface area (Å²) in [5.74, 6) is -0.112. The standard InChI is InChI=1S/C30H33N5O/c1-20-8-11-25(12-9-20)35-16-14-34(15-17-35)19-23-6-4-5-7-26(23)30(36)33-24-10-13-28-27(18-24)29(31)21(2)22(3)32-28/h4-13,18H,14-17,19H2,1-3H3,(H2,31,32)(H,33,36). The number of pyridine rings is 1. The van der Waals surface area contributed by atoms with Crippen LogP contribution in [0.4, 0.5) is 17.1 Å². The number of hydrogen-bond donors (Lipinski definition) is 2. The highest BCUT2D eigenvalue weighted by Crippen LogP contribution is 2.28. The molecule has 4 aromatic rings. The van der Waals surface area contributed by atoms with Gasteiger partial charge in [0.2, 0.25) is 0 Å². The molecule has 0 saturated carbocycles. The molecule has 184 valence electrons. The summed E-state index contributed by atoms with van der Waals surface area (Å²) in [6.45, 7) is 10.7. The number of amides is 1. The van der Waals surface area contributed by atoms with Gasteiger partial charge in [-0.05, 0) is 68.3 Å². The Balaban J connectivity index is 1.28. The zero-order chi connectivity index (χ0) is 25.2. The van der Waals surface area contributed by atoms with Crippen molar-refractivity contribution in [2.45, 2.75) is 27.3 Å². The molecule has 0 aliphatic carbocycles. The Morgan fingerprint density at radius 2 is 1.67 bits per heavy atom. The summed E-state index contributed by atoms with van der Waals surface area (Å²) < 4.78 is 0. The maximum atomic E-state index is 13.3. The largest absolute Gasteiger partial charge is 0.398 e. The number of nitrogens with zero attached hydrogens (tertiary/aromatic N) is 3. The molecule has 0 radical (unpaired) electrons. The monoisotopic (exact) mass is 479 g/mol. The number of carbonyl (C=O) groups is 1. The SMILES string of the molecule is Cc1ccc(N2CCN(Cc3ccccc3C(=O)Nc3ccc4nc(C)c(C)c(N)c4c3)CC2)cc1. The Bertz CT molecular complexity index is 1410. The Hall–Kier alpha value is -3.90. The first-order valence-corrected chi connectivity index (χ1v) is 12.5. The molecule has 1 aliphatic heterocycles. The number of nitrogens with two attached hydrogens (primary N) is 1. The van der Waals surface area contributed by atoms with Crippen molar-refractivity contribution in [1.29, 1.82) is 0 Å². The molecule has 2 heterocycles. The molecule has 0 unspecified atom stereocenters. The van der Waals surface area contributed by atoms with E-state index in [4.69, 9.17) is 5.73 Å². The van der Waals surface area contributed by atoms with Crippen molar-refractivity contribution in [1.82, 2.24) is 9.88 Å². The van der Waals surface area contributed by atoms with Gasteiger partial charge in [-0.25, -0.2) is 0 Å². The van der Waals surface area contributed by atoms with E-state index in [2.05, 4.69) is 57.4 Å². The number of piperazine rings is 1. The van der Waals surface area contributed by atoms with Crippen molar-refractivity contribution in [3.63, 3.8) is 0 Å². The molecular formula is C30H33N5O. The number of benzene rings is 3. The lowest BCUT2D eigenvalue weighted by Gasteiger charge is -2.36. The molecule has 36 heavy (non-hydrogen) atoms. The van der Waals surface area contributed by atoms with Crippen molar-refractivity contribution in [2.75, 3.05) is 42.1 Å². The Labute approximate surface area is 212 Å². The molecule has 1 aromatic heterocycles. The summed E-state index contributed by atoms with van der Waals surface area (Å²) in [5.41, 5.74) is 14.8. The lowest BCUT2D eigenvalue weighted by molar-refractivity contribution is 0.102. The van der Waals surface area contributed by atoms with E-state index in [1.165, 1.54) is 11.3 Å². The van der Waals surface area contributed by atoms with Gasteiger partial charge in [0.15, 0.2) is 0 Å². The molecule has 1 aliphatic rings. The summed E-state index contributed by atoms with van der Waals surface area (Å²) >= 11 is 0. The minimum absolute atomic E-state index is 0.112. The Morgan fingerprint density at radius 1 is 0.944 bits per heavy atom. The number of rotatable bonds is 5. The second-order valence-electron chi connectivity index (χ2n) is 9.68. The van der Waals surface area contributed by atoms with E-state index in [0.717, 1.165) is 60.4 Å². The molecule has 0 bridgehead atoms. The first-order chi connectivity index (χ1) is 17.4. The lowest BCUT2D eigenvalue weighted by atomic mass is 10.0. The molecule has 3 N–H and O–H groups in total. The molecular weight excluding hydrogens is 446 g/mol. The minimum atomic E-state index is -0.112. The predicted molar refractivity (Wildman–Crippen MR) is 149 cm³/mol. The van der Waals surface area contributed by atoms with Gasteiger partial charge in [0.25, 0.3) is 5.91 Å². The summed E-state index contributed by atoms with van der Waals surface area (Å²) in [7, 11) is 0. The zero-order valence-corrected chi connectivity index (χ0v) is 21.2. The maximum absolute atomic E-state index is 13.3. The summed E-state index contributed by atoms with van der Waals surface area (Å²) in [6.07, 6.45) is 0. The van der Waals surface area contributed by atoms with Crippen LogP contribution < -0.4 is 16.0 Å². The highest BCUT2D eigenvalue weighted by Gasteiger charge is 2.20. The third-order valence-electron chi connectivity index (χ3n) is 7.21. The van der Waals surface area contributed by atoms with E-state index in [-0.39, 0.29) is 5.91 Å². The lowest BCUT2D eigenvalue weighted by Crippen LogP contribution is -2.46. The van der Waals surface area contributed by atoms with Crippen LogP contribution in [-0.4, -0.2) is 42.0 Å². The van der Waals surface area contributed by atoms with Gasteiger partial charge in [0.1, 0.15) is 0 Å². The van der Waals surface area contributed by atoms with Crippen molar-refractivity contribution >= 4 is 33.9 Å². The zero-order valence-electron chi connectivity index (χ0n) is 21.2. The number of aryl methyl sites for hydroxylation is 2. The van der Waals surface area contributed by atoms with E-state index in [1.54, 1.807) is 0 Å². The number of fused-ring (bicyclic) bond motifs is 1. The van der Waals surface area contributed by atoms with Crippen molar-refractivity contribution in [3.8, 4) is 0 Å². The van der Waals surface area contributed by atoms with Gasteiger partial charge in [0.05, 0.1) is 5.52 Å². The van der Waals surface area contributed by atoms with Crippen LogP contribution in [0.25, 0.3) is 10.9 Å². The maximum Gasteiger partial charge on any atom is 0.255 e. The first-order valence-electron chi connectivity index (χ1n) is 12.5. The number of aromatic nitrogens is 1. The molecule has 3 aromatic carbocycles. The fourth-order valence-electron chi connectivity index (χ4n) is 4.83. The Kier molecular flexibility index (Phi) is 6.61. The van der Waals surface area contributed by atoms with Gasteiger partial charge in [-0.2, -0.15) is 0 Å². The molecule has 5 rings (SSSR count). The van der Waals surface area contributed by atoms with E-state index in [9.17, 15) is 4.79 Å². The normalized spacial score (nSPS) is 14.2. The van der Waals surface area contributed by atoms with E-state index in [0.29, 0.717) is 16.9 Å². The second kappa shape index (κ2) is 9.99. The molecule has 1 amide bonds. The summed E-state index contributed by atoms with van der Waals surface area (Å²) in [4.78, 5) is 22.8. The second-order valence-corrected chi connectivity index (χ2v) is 9.68. The number of nitrogens with one attached hydrogen (secondary N) is 1. The van der Waals surface area contributed by atoms with Crippen molar-refractivity contribution in [3.05, 3.63) is 94.7 Å². The summed E-state index contributed by atoms with van der Waals surface area (Å²) in [5, 5.41) is 3.93. The van der Waals surface area contributed by atoms with E-state index < -0.39 is 0 Å². The van der Waals surface area contributed by atoms with Crippen LogP contribution >= 0.6 is 0 Å². The average Bonchev–Trinajstić information content (AvgIpc) is 2.89. The number of nitrogen functional groups attached to an aromatic ring is 1. The fraction of sp³-hybridized carbons (Fsp3) is 0.267. The number of carbonyl (C=O) groups excluding carboxylic acids is 1. The van der Waals surface area contributed by atoms with Gasteiger partial charge in [-0.3, -0.25) is 14.7 Å². The molecule has 1 saturated heterocycles. The minimum Gasteiger partial charge on any atom is -0.398 e. The van der Waals surface area contributed by atoms with Gasteiger partial charge in [-0.15, -0.1) is 0 Å². The van der Waals surface area contributed by atoms with E-state index in [1.807, 2.05) is 50.2 Å². The quantitative estimate of drug-likeness (QED) is 0.405. The van der Waals surface area contributed by atoms with Gasteiger partial charge in [-0.1, -0.05) is 35.9 Å². The molecule has 0 atom stereocenters. The van der Waals surface area contributed by atoms with Gasteiger partial charge in [0, 0.05) is 66.4 Å². The highest BCUT2D eigenvalue weighted by molar-refractivity contribution is 6.06. The molecule has 1 fully saturated rings. The van der Waals surface area contributed by atoms with Crippen LogP contribution in [0.5, 0.6) is 0 Å².